The zero-order valence-corrected chi connectivity index (χ0v) is 9.71. The zero-order chi connectivity index (χ0) is 10.9. The molecule has 0 amide bonds. The van der Waals surface area contributed by atoms with E-state index in [2.05, 4.69) is 13.8 Å². The van der Waals surface area contributed by atoms with Crippen molar-refractivity contribution in [3.63, 3.8) is 0 Å². The number of hydrogen-bond donors (Lipinski definition) is 1. The first kappa shape index (κ1) is 10.5. The number of phenols is 1. The minimum Gasteiger partial charge on any atom is -0.508 e. The van der Waals surface area contributed by atoms with E-state index in [9.17, 15) is 5.11 Å². The first-order valence-corrected chi connectivity index (χ1v) is 5.92. The summed E-state index contributed by atoms with van der Waals surface area (Å²) in [4.78, 5) is 0. The van der Waals surface area contributed by atoms with Gasteiger partial charge in [-0.2, -0.15) is 0 Å². The van der Waals surface area contributed by atoms with Gasteiger partial charge in [0.2, 0.25) is 0 Å². The van der Waals surface area contributed by atoms with Crippen molar-refractivity contribution in [3.05, 3.63) is 29.3 Å². The summed E-state index contributed by atoms with van der Waals surface area (Å²) in [6.45, 7) is 4.49. The van der Waals surface area contributed by atoms with Gasteiger partial charge in [0.15, 0.2) is 0 Å². The molecule has 2 rings (SSSR count). The van der Waals surface area contributed by atoms with E-state index in [-0.39, 0.29) is 0 Å². The second-order valence-electron chi connectivity index (χ2n) is 5.12. The van der Waals surface area contributed by atoms with Crippen LogP contribution in [0.4, 0.5) is 0 Å². The molecule has 15 heavy (non-hydrogen) atoms. The van der Waals surface area contributed by atoms with Crippen molar-refractivity contribution >= 4 is 0 Å². The molecular weight excluding hydrogens is 184 g/mol. The number of benzene rings is 1. The molecule has 0 unspecified atom stereocenters. The Balaban J connectivity index is 2.38. The van der Waals surface area contributed by atoms with Crippen molar-refractivity contribution in [2.75, 3.05) is 0 Å². The largest absolute Gasteiger partial charge is 0.508 e. The molecule has 1 aromatic rings. The third kappa shape index (κ3) is 2.01. The van der Waals surface area contributed by atoms with Crippen LogP contribution in [0.3, 0.4) is 0 Å². The van der Waals surface area contributed by atoms with Crippen LogP contribution in [0.5, 0.6) is 5.75 Å². The number of rotatable bonds is 1. The molecule has 1 fully saturated rings. The lowest BCUT2D eigenvalue weighted by Gasteiger charge is -2.35. The lowest BCUT2D eigenvalue weighted by atomic mass is 9.70. The number of aromatic hydroxyl groups is 1. The summed E-state index contributed by atoms with van der Waals surface area (Å²) in [7, 11) is 0. The summed E-state index contributed by atoms with van der Waals surface area (Å²) in [6, 6.07) is 5.77. The summed E-state index contributed by atoms with van der Waals surface area (Å²) in [5, 5.41) is 9.58. The van der Waals surface area contributed by atoms with Gasteiger partial charge in [0.25, 0.3) is 0 Å². The van der Waals surface area contributed by atoms with Crippen LogP contribution in [0.15, 0.2) is 18.2 Å². The highest BCUT2D eigenvalue weighted by Crippen LogP contribution is 2.41. The van der Waals surface area contributed by atoms with Crippen molar-refractivity contribution < 1.29 is 5.11 Å². The van der Waals surface area contributed by atoms with Crippen LogP contribution in [0.2, 0.25) is 0 Å². The summed E-state index contributed by atoms with van der Waals surface area (Å²) in [6.07, 6.45) is 6.54. The fourth-order valence-corrected chi connectivity index (χ4v) is 2.86. The minimum absolute atomic E-state index is 0.293. The second-order valence-corrected chi connectivity index (χ2v) is 5.12. The Bertz CT molecular complexity index is 348. The van der Waals surface area contributed by atoms with Gasteiger partial charge < -0.3 is 5.11 Å². The highest BCUT2D eigenvalue weighted by atomic mass is 16.3. The maximum atomic E-state index is 9.58. The predicted octanol–water partition coefficient (Wildman–Crippen LogP) is 3.92. The van der Waals surface area contributed by atoms with Crippen molar-refractivity contribution in [2.45, 2.75) is 51.4 Å². The SMILES string of the molecule is Cc1ccc(O)cc1C1(C)CCCCC1. The molecule has 0 saturated heterocycles. The summed E-state index contributed by atoms with van der Waals surface area (Å²) < 4.78 is 0. The molecule has 0 heterocycles. The molecule has 1 aliphatic rings. The van der Waals surface area contributed by atoms with E-state index in [1.807, 2.05) is 12.1 Å². The predicted molar refractivity (Wildman–Crippen MR) is 63.3 cm³/mol. The Morgan fingerprint density at radius 2 is 1.80 bits per heavy atom. The van der Waals surface area contributed by atoms with Crippen LogP contribution in [0, 0.1) is 6.92 Å². The van der Waals surface area contributed by atoms with E-state index in [0.717, 1.165) is 0 Å². The maximum absolute atomic E-state index is 9.58. The third-order valence-electron chi connectivity index (χ3n) is 3.83. The fraction of sp³-hybridized carbons (Fsp3) is 0.571. The first-order chi connectivity index (χ1) is 7.12. The Hall–Kier alpha value is -0.980. The van der Waals surface area contributed by atoms with E-state index < -0.39 is 0 Å². The van der Waals surface area contributed by atoms with Crippen LogP contribution < -0.4 is 0 Å². The Labute approximate surface area is 92.1 Å². The molecule has 1 aromatic carbocycles. The maximum Gasteiger partial charge on any atom is 0.115 e. The number of phenolic OH excluding ortho intramolecular Hbond substituents is 1. The number of aryl methyl sites for hydroxylation is 1. The van der Waals surface area contributed by atoms with Crippen LogP contribution in [-0.4, -0.2) is 5.11 Å². The van der Waals surface area contributed by atoms with Crippen molar-refractivity contribution in [2.24, 2.45) is 0 Å². The number of hydrogen-bond acceptors (Lipinski definition) is 1. The average molecular weight is 204 g/mol. The van der Waals surface area contributed by atoms with Crippen LogP contribution in [0.25, 0.3) is 0 Å². The molecule has 82 valence electrons. The summed E-state index contributed by atoms with van der Waals surface area (Å²) >= 11 is 0. The Morgan fingerprint density at radius 3 is 2.47 bits per heavy atom. The summed E-state index contributed by atoms with van der Waals surface area (Å²) in [5.41, 5.74) is 2.96. The normalized spacial score (nSPS) is 20.1. The van der Waals surface area contributed by atoms with Gasteiger partial charge in [0.1, 0.15) is 5.75 Å². The second kappa shape index (κ2) is 3.88. The van der Waals surface area contributed by atoms with Gasteiger partial charge >= 0.3 is 0 Å². The quantitative estimate of drug-likeness (QED) is 0.735. The van der Waals surface area contributed by atoms with Crippen LogP contribution >= 0.6 is 0 Å². The van der Waals surface area contributed by atoms with Gasteiger partial charge in [-0.1, -0.05) is 32.3 Å². The van der Waals surface area contributed by atoms with Gasteiger partial charge in [0, 0.05) is 0 Å². The van der Waals surface area contributed by atoms with Crippen LogP contribution in [0.1, 0.15) is 50.2 Å². The third-order valence-corrected chi connectivity index (χ3v) is 3.83. The highest BCUT2D eigenvalue weighted by Gasteiger charge is 2.30. The minimum atomic E-state index is 0.293. The lowest BCUT2D eigenvalue weighted by molar-refractivity contribution is 0.317. The summed E-state index contributed by atoms with van der Waals surface area (Å²) in [5.74, 6) is 0.405. The highest BCUT2D eigenvalue weighted by molar-refractivity contribution is 5.39. The standard InChI is InChI=1S/C14H20O/c1-11-6-7-12(15)10-13(11)14(2)8-4-3-5-9-14/h6-7,10,15H,3-5,8-9H2,1-2H3. The van der Waals surface area contributed by atoms with Gasteiger partial charge in [-0.05, 0) is 48.4 Å². The smallest absolute Gasteiger partial charge is 0.115 e. The molecule has 0 aromatic heterocycles. The van der Waals surface area contributed by atoms with E-state index >= 15 is 0 Å². The van der Waals surface area contributed by atoms with Gasteiger partial charge in [-0.15, -0.1) is 0 Å². The molecule has 0 atom stereocenters. The molecule has 0 radical (unpaired) electrons. The van der Waals surface area contributed by atoms with Gasteiger partial charge in [-0.25, -0.2) is 0 Å². The van der Waals surface area contributed by atoms with Crippen LogP contribution in [-0.2, 0) is 5.41 Å². The molecule has 1 heteroatoms. The molecule has 1 aliphatic carbocycles. The molecule has 0 bridgehead atoms. The van der Waals surface area contributed by atoms with Crippen molar-refractivity contribution in [1.82, 2.24) is 0 Å². The van der Waals surface area contributed by atoms with Gasteiger partial charge in [-0.3, -0.25) is 0 Å². The topological polar surface area (TPSA) is 20.2 Å². The van der Waals surface area contributed by atoms with Crippen molar-refractivity contribution in [1.29, 1.82) is 0 Å². The van der Waals surface area contributed by atoms with E-state index in [1.54, 1.807) is 6.07 Å². The molecule has 1 N–H and O–H groups in total. The Kier molecular flexibility index (Phi) is 2.72. The lowest BCUT2D eigenvalue weighted by Crippen LogP contribution is -2.25. The monoisotopic (exact) mass is 204 g/mol. The van der Waals surface area contributed by atoms with Gasteiger partial charge in [0.05, 0.1) is 0 Å². The molecule has 0 aliphatic heterocycles. The zero-order valence-electron chi connectivity index (χ0n) is 9.71. The van der Waals surface area contributed by atoms with E-state index in [0.29, 0.717) is 11.2 Å². The first-order valence-electron chi connectivity index (χ1n) is 5.92. The van der Waals surface area contributed by atoms with E-state index in [4.69, 9.17) is 0 Å². The average Bonchev–Trinajstić information content (AvgIpc) is 2.23. The molecular formula is C14H20O. The molecule has 1 saturated carbocycles. The Morgan fingerprint density at radius 1 is 1.13 bits per heavy atom. The van der Waals surface area contributed by atoms with Crippen molar-refractivity contribution in [3.8, 4) is 5.75 Å². The molecule has 1 nitrogen and oxygen atoms in total. The molecule has 0 spiro atoms. The van der Waals surface area contributed by atoms with E-state index in [1.165, 1.54) is 43.2 Å². The fourth-order valence-electron chi connectivity index (χ4n) is 2.86.